The Labute approximate surface area is 80.6 Å². The van der Waals surface area contributed by atoms with Gasteiger partial charge in [-0.25, -0.2) is 0 Å². The van der Waals surface area contributed by atoms with Crippen LogP contribution in [0.5, 0.6) is 0 Å². The van der Waals surface area contributed by atoms with Gasteiger partial charge in [-0.2, -0.15) is 4.98 Å². The Bertz CT molecular complexity index is 299. The molecule has 0 aromatic carbocycles. The van der Waals surface area contributed by atoms with Gasteiger partial charge in [0.25, 0.3) is 0 Å². The van der Waals surface area contributed by atoms with Crippen LogP contribution in [0, 0.1) is 0 Å². The summed E-state index contributed by atoms with van der Waals surface area (Å²) < 4.78 is 9.65. The van der Waals surface area contributed by atoms with E-state index in [1.807, 2.05) is 0 Å². The summed E-state index contributed by atoms with van der Waals surface area (Å²) in [6.45, 7) is 0.709. The lowest BCUT2D eigenvalue weighted by Crippen LogP contribution is -2.28. The summed E-state index contributed by atoms with van der Waals surface area (Å²) in [6, 6.07) is 0. The van der Waals surface area contributed by atoms with Crippen LogP contribution in [0.15, 0.2) is 4.52 Å². The fourth-order valence-corrected chi connectivity index (χ4v) is 0.842. The monoisotopic (exact) mass is 200 g/mol. The molecule has 0 aliphatic rings. The molecule has 0 saturated carbocycles. The van der Waals surface area contributed by atoms with Crippen molar-refractivity contribution in [3.05, 3.63) is 11.7 Å². The van der Waals surface area contributed by atoms with Gasteiger partial charge in [-0.05, 0) is 0 Å². The summed E-state index contributed by atoms with van der Waals surface area (Å²) in [5.41, 5.74) is 4.92. The Kier molecular flexibility index (Phi) is 4.02. The minimum absolute atomic E-state index is 0.0853. The minimum Gasteiger partial charge on any atom is -0.377 e. The van der Waals surface area contributed by atoms with Gasteiger partial charge in [-0.15, -0.1) is 0 Å². The number of methoxy groups -OCH3 is 1. The van der Waals surface area contributed by atoms with E-state index in [0.717, 1.165) is 0 Å². The summed E-state index contributed by atoms with van der Waals surface area (Å²) in [4.78, 5) is 14.3. The lowest BCUT2D eigenvalue weighted by molar-refractivity contribution is -0.117. The summed E-state index contributed by atoms with van der Waals surface area (Å²) in [5.74, 6) is 0.448. The van der Waals surface area contributed by atoms with E-state index in [0.29, 0.717) is 24.9 Å². The second kappa shape index (κ2) is 5.30. The molecule has 0 aliphatic heterocycles. The van der Waals surface area contributed by atoms with E-state index in [1.54, 1.807) is 7.11 Å². The third-order valence-electron chi connectivity index (χ3n) is 1.36. The number of aromatic nitrogens is 2. The molecule has 3 N–H and O–H groups in total. The van der Waals surface area contributed by atoms with Crippen molar-refractivity contribution in [2.75, 3.05) is 13.7 Å². The Morgan fingerprint density at radius 3 is 3.14 bits per heavy atom. The first-order valence-corrected chi connectivity index (χ1v) is 4.02. The quantitative estimate of drug-likeness (QED) is 0.597. The topological polar surface area (TPSA) is 103 Å². The number of nitrogens with one attached hydrogen (secondary N) is 1. The first-order valence-electron chi connectivity index (χ1n) is 4.02. The lowest BCUT2D eigenvalue weighted by Gasteiger charge is -1.95. The Morgan fingerprint density at radius 2 is 2.50 bits per heavy atom. The van der Waals surface area contributed by atoms with E-state index in [4.69, 9.17) is 15.0 Å². The molecule has 1 heterocycles. The molecule has 78 valence electrons. The van der Waals surface area contributed by atoms with Crippen molar-refractivity contribution in [2.45, 2.75) is 13.2 Å². The molecule has 0 atom stereocenters. The summed E-state index contributed by atoms with van der Waals surface area (Å²) in [6.07, 6.45) is 0. The molecule has 0 unspecified atom stereocenters. The highest BCUT2D eigenvalue weighted by molar-refractivity contribution is 5.75. The average molecular weight is 200 g/mol. The Balaban J connectivity index is 2.32. The molecule has 0 aliphatic carbocycles. The highest BCUT2D eigenvalue weighted by Crippen LogP contribution is 1.97. The van der Waals surface area contributed by atoms with Gasteiger partial charge < -0.3 is 15.0 Å². The van der Waals surface area contributed by atoms with E-state index >= 15 is 0 Å². The van der Waals surface area contributed by atoms with E-state index < -0.39 is 5.91 Å². The predicted molar refractivity (Wildman–Crippen MR) is 45.9 cm³/mol. The molecule has 0 saturated heterocycles. The number of nitrogens with two attached hydrogens (primary N) is 1. The van der Waals surface area contributed by atoms with Crippen molar-refractivity contribution in [2.24, 2.45) is 5.73 Å². The van der Waals surface area contributed by atoms with E-state index in [2.05, 4.69) is 15.5 Å². The maximum absolute atomic E-state index is 10.4. The third-order valence-corrected chi connectivity index (χ3v) is 1.36. The van der Waals surface area contributed by atoms with Crippen molar-refractivity contribution in [1.82, 2.24) is 15.5 Å². The highest BCUT2D eigenvalue weighted by Gasteiger charge is 2.05. The van der Waals surface area contributed by atoms with Crippen LogP contribution in [-0.2, 0) is 22.7 Å². The first kappa shape index (κ1) is 10.6. The average Bonchev–Trinajstić information content (AvgIpc) is 2.53. The fourth-order valence-electron chi connectivity index (χ4n) is 0.842. The van der Waals surface area contributed by atoms with Crippen molar-refractivity contribution < 1.29 is 14.1 Å². The maximum Gasteiger partial charge on any atom is 0.240 e. The molecule has 1 aromatic heterocycles. The van der Waals surface area contributed by atoms with Crippen LogP contribution in [0.3, 0.4) is 0 Å². The zero-order valence-electron chi connectivity index (χ0n) is 7.82. The molecule has 14 heavy (non-hydrogen) atoms. The number of amides is 1. The molecule has 7 nitrogen and oxygen atoms in total. The Hall–Kier alpha value is -1.47. The van der Waals surface area contributed by atoms with Crippen LogP contribution in [0.4, 0.5) is 0 Å². The van der Waals surface area contributed by atoms with Crippen LogP contribution in [-0.4, -0.2) is 29.7 Å². The molecule has 0 fully saturated rings. The van der Waals surface area contributed by atoms with E-state index in [1.165, 1.54) is 0 Å². The smallest absolute Gasteiger partial charge is 0.240 e. The molecular formula is C7H12N4O3. The van der Waals surface area contributed by atoms with Gasteiger partial charge in [0.15, 0.2) is 5.82 Å². The van der Waals surface area contributed by atoms with Gasteiger partial charge in [0.1, 0.15) is 6.61 Å². The number of carbonyl (C=O) groups excluding carboxylic acids is 1. The van der Waals surface area contributed by atoms with Gasteiger partial charge in [0.05, 0.1) is 13.1 Å². The molecule has 1 amide bonds. The summed E-state index contributed by atoms with van der Waals surface area (Å²) in [7, 11) is 1.54. The predicted octanol–water partition coefficient (Wildman–Crippen LogP) is -1.21. The van der Waals surface area contributed by atoms with Crippen LogP contribution in [0.1, 0.15) is 11.7 Å². The molecule has 1 aromatic rings. The number of primary amides is 1. The molecular weight excluding hydrogens is 188 g/mol. The lowest BCUT2D eigenvalue weighted by atomic mass is 10.5. The zero-order valence-corrected chi connectivity index (χ0v) is 7.82. The van der Waals surface area contributed by atoms with Crippen LogP contribution >= 0.6 is 0 Å². The number of nitrogens with zero attached hydrogens (tertiary/aromatic N) is 2. The second-order valence-electron chi connectivity index (χ2n) is 2.61. The van der Waals surface area contributed by atoms with Gasteiger partial charge >= 0.3 is 0 Å². The van der Waals surface area contributed by atoms with Crippen molar-refractivity contribution in [3.8, 4) is 0 Å². The summed E-state index contributed by atoms with van der Waals surface area (Å²) >= 11 is 0. The number of ether oxygens (including phenoxy) is 1. The van der Waals surface area contributed by atoms with Crippen molar-refractivity contribution in [1.29, 1.82) is 0 Å². The van der Waals surface area contributed by atoms with Gasteiger partial charge in [-0.3, -0.25) is 10.1 Å². The molecule has 0 bridgehead atoms. The highest BCUT2D eigenvalue weighted by atomic mass is 16.5. The second-order valence-corrected chi connectivity index (χ2v) is 2.61. The largest absolute Gasteiger partial charge is 0.377 e. The van der Waals surface area contributed by atoms with E-state index in [9.17, 15) is 4.79 Å². The maximum atomic E-state index is 10.4. The van der Waals surface area contributed by atoms with Crippen LogP contribution < -0.4 is 11.1 Å². The molecule has 0 radical (unpaired) electrons. The normalized spacial score (nSPS) is 10.4. The van der Waals surface area contributed by atoms with Crippen LogP contribution in [0.2, 0.25) is 0 Å². The van der Waals surface area contributed by atoms with Crippen molar-refractivity contribution in [3.63, 3.8) is 0 Å². The number of hydrogen-bond acceptors (Lipinski definition) is 6. The summed E-state index contributed by atoms with van der Waals surface area (Å²) in [5, 5.41) is 6.38. The molecule has 7 heteroatoms. The fraction of sp³-hybridized carbons (Fsp3) is 0.571. The number of hydrogen-bond donors (Lipinski definition) is 2. The zero-order chi connectivity index (χ0) is 10.4. The van der Waals surface area contributed by atoms with Crippen molar-refractivity contribution >= 4 is 5.91 Å². The van der Waals surface area contributed by atoms with E-state index in [-0.39, 0.29) is 6.54 Å². The standard InChI is InChI=1S/C7H12N4O3/c1-13-4-6-10-7(14-11-6)3-9-2-5(8)12/h9H,2-4H2,1H3,(H2,8,12). The van der Waals surface area contributed by atoms with Gasteiger partial charge in [0, 0.05) is 7.11 Å². The SMILES string of the molecule is COCc1noc(CNCC(N)=O)n1. The number of rotatable bonds is 6. The minimum atomic E-state index is -0.429. The Morgan fingerprint density at radius 1 is 1.71 bits per heavy atom. The molecule has 1 rings (SSSR count). The molecule has 0 spiro atoms. The first-order chi connectivity index (χ1) is 6.72. The van der Waals surface area contributed by atoms with Gasteiger partial charge in [0.2, 0.25) is 11.8 Å². The van der Waals surface area contributed by atoms with Crippen LogP contribution in [0.25, 0.3) is 0 Å². The number of carbonyl (C=O) groups is 1. The third kappa shape index (κ3) is 3.50. The van der Waals surface area contributed by atoms with Gasteiger partial charge in [-0.1, -0.05) is 5.16 Å².